The molecular formula is C15H17N3O. The average Bonchev–Trinajstić information content (AvgIpc) is 3.02. The van der Waals surface area contributed by atoms with Crippen LogP contribution in [0.15, 0.2) is 48.8 Å². The van der Waals surface area contributed by atoms with Gasteiger partial charge in [-0.15, -0.1) is 0 Å². The van der Waals surface area contributed by atoms with Crippen molar-refractivity contribution >= 4 is 5.91 Å². The minimum absolute atomic E-state index is 0.138. The summed E-state index contributed by atoms with van der Waals surface area (Å²) in [4.78, 5) is 14.2. The predicted octanol–water partition coefficient (Wildman–Crippen LogP) is 2.36. The molecule has 1 saturated heterocycles. The van der Waals surface area contributed by atoms with E-state index < -0.39 is 0 Å². The van der Waals surface area contributed by atoms with E-state index in [1.54, 1.807) is 0 Å². The van der Waals surface area contributed by atoms with E-state index in [9.17, 15) is 4.79 Å². The largest absolute Gasteiger partial charge is 0.338 e. The molecule has 1 aliphatic heterocycles. The summed E-state index contributed by atoms with van der Waals surface area (Å²) < 4.78 is 2.00. The van der Waals surface area contributed by atoms with Crippen molar-refractivity contribution in [3.05, 3.63) is 54.4 Å². The third-order valence-corrected chi connectivity index (χ3v) is 3.67. The van der Waals surface area contributed by atoms with Gasteiger partial charge in [-0.1, -0.05) is 18.2 Å². The van der Waals surface area contributed by atoms with Crippen molar-refractivity contribution < 1.29 is 4.79 Å². The highest BCUT2D eigenvalue weighted by Crippen LogP contribution is 2.22. The van der Waals surface area contributed by atoms with Gasteiger partial charge in [-0.05, 0) is 31.0 Å². The normalized spacial score (nSPS) is 16.5. The molecule has 0 unspecified atom stereocenters. The van der Waals surface area contributed by atoms with Gasteiger partial charge >= 0.3 is 0 Å². The highest BCUT2D eigenvalue weighted by Gasteiger charge is 2.24. The second kappa shape index (κ2) is 5.26. The fourth-order valence-electron chi connectivity index (χ4n) is 2.59. The van der Waals surface area contributed by atoms with E-state index in [2.05, 4.69) is 5.10 Å². The third kappa shape index (κ3) is 2.52. The number of piperidine rings is 1. The Kier molecular flexibility index (Phi) is 3.31. The van der Waals surface area contributed by atoms with Gasteiger partial charge < -0.3 is 4.90 Å². The van der Waals surface area contributed by atoms with Gasteiger partial charge in [-0.3, -0.25) is 9.48 Å². The van der Waals surface area contributed by atoms with Gasteiger partial charge in [-0.25, -0.2) is 0 Å². The minimum atomic E-state index is 0.138. The molecule has 0 N–H and O–H groups in total. The van der Waals surface area contributed by atoms with E-state index >= 15 is 0 Å². The second-order valence-corrected chi connectivity index (χ2v) is 4.88. The quantitative estimate of drug-likeness (QED) is 0.826. The first kappa shape index (κ1) is 12.0. The van der Waals surface area contributed by atoms with E-state index in [1.807, 2.05) is 58.4 Å². The second-order valence-electron chi connectivity index (χ2n) is 4.88. The van der Waals surface area contributed by atoms with E-state index in [1.165, 1.54) is 0 Å². The lowest BCUT2D eigenvalue weighted by atomic mass is 10.0. The SMILES string of the molecule is O=C(c1ccccc1)N1CCC(n2cccn2)CC1. The first-order chi connectivity index (χ1) is 9.34. The van der Waals surface area contributed by atoms with Crippen LogP contribution in [0, 0.1) is 0 Å². The summed E-state index contributed by atoms with van der Waals surface area (Å²) in [7, 11) is 0. The molecule has 0 atom stereocenters. The van der Waals surface area contributed by atoms with Gasteiger partial charge in [-0.2, -0.15) is 5.10 Å². The smallest absolute Gasteiger partial charge is 0.253 e. The van der Waals surface area contributed by atoms with Crippen molar-refractivity contribution in [3.63, 3.8) is 0 Å². The van der Waals surface area contributed by atoms with Crippen LogP contribution in [-0.2, 0) is 0 Å². The van der Waals surface area contributed by atoms with Gasteiger partial charge in [0, 0.05) is 31.0 Å². The molecule has 1 aromatic heterocycles. The van der Waals surface area contributed by atoms with Crippen molar-refractivity contribution in [2.75, 3.05) is 13.1 Å². The fraction of sp³-hybridized carbons (Fsp3) is 0.333. The average molecular weight is 255 g/mol. The lowest BCUT2D eigenvalue weighted by Crippen LogP contribution is -2.39. The number of likely N-dealkylation sites (tertiary alicyclic amines) is 1. The maximum atomic E-state index is 12.3. The predicted molar refractivity (Wildman–Crippen MR) is 72.8 cm³/mol. The Morgan fingerprint density at radius 1 is 1.11 bits per heavy atom. The van der Waals surface area contributed by atoms with Crippen LogP contribution in [0.3, 0.4) is 0 Å². The highest BCUT2D eigenvalue weighted by atomic mass is 16.2. The van der Waals surface area contributed by atoms with Crippen molar-refractivity contribution in [2.45, 2.75) is 18.9 Å². The van der Waals surface area contributed by atoms with Crippen LogP contribution >= 0.6 is 0 Å². The van der Waals surface area contributed by atoms with E-state index in [-0.39, 0.29) is 5.91 Å². The van der Waals surface area contributed by atoms with Crippen LogP contribution in [0.25, 0.3) is 0 Å². The summed E-state index contributed by atoms with van der Waals surface area (Å²) in [6, 6.07) is 11.9. The molecule has 2 aromatic rings. The molecule has 0 saturated carbocycles. The monoisotopic (exact) mass is 255 g/mol. The van der Waals surface area contributed by atoms with Gasteiger partial charge in [0.2, 0.25) is 0 Å². The zero-order valence-electron chi connectivity index (χ0n) is 10.8. The summed E-state index contributed by atoms with van der Waals surface area (Å²) in [5, 5.41) is 4.28. The highest BCUT2D eigenvalue weighted by molar-refractivity contribution is 5.94. The van der Waals surface area contributed by atoms with Crippen molar-refractivity contribution in [1.29, 1.82) is 0 Å². The Labute approximate surface area is 112 Å². The zero-order chi connectivity index (χ0) is 13.1. The summed E-state index contributed by atoms with van der Waals surface area (Å²) >= 11 is 0. The molecule has 4 heteroatoms. The lowest BCUT2D eigenvalue weighted by molar-refractivity contribution is 0.0690. The number of hydrogen-bond donors (Lipinski definition) is 0. The molecule has 98 valence electrons. The Morgan fingerprint density at radius 3 is 2.47 bits per heavy atom. The molecular weight excluding hydrogens is 238 g/mol. The van der Waals surface area contributed by atoms with Crippen LogP contribution in [0.5, 0.6) is 0 Å². The van der Waals surface area contributed by atoms with Gasteiger partial charge in [0.25, 0.3) is 5.91 Å². The number of benzene rings is 1. The molecule has 1 fully saturated rings. The maximum Gasteiger partial charge on any atom is 0.253 e. The van der Waals surface area contributed by atoms with Gasteiger partial charge in [0.05, 0.1) is 6.04 Å². The van der Waals surface area contributed by atoms with E-state index in [4.69, 9.17) is 0 Å². The number of carbonyl (C=O) groups is 1. The molecule has 0 spiro atoms. The molecule has 1 aliphatic rings. The number of hydrogen-bond acceptors (Lipinski definition) is 2. The summed E-state index contributed by atoms with van der Waals surface area (Å²) in [6.07, 6.45) is 5.75. The molecule has 19 heavy (non-hydrogen) atoms. The van der Waals surface area contributed by atoms with Crippen molar-refractivity contribution in [1.82, 2.24) is 14.7 Å². The Morgan fingerprint density at radius 2 is 1.84 bits per heavy atom. The van der Waals surface area contributed by atoms with Crippen LogP contribution < -0.4 is 0 Å². The van der Waals surface area contributed by atoms with Crippen molar-refractivity contribution in [3.8, 4) is 0 Å². The van der Waals surface area contributed by atoms with E-state index in [0.29, 0.717) is 6.04 Å². The Balaban J connectivity index is 1.63. The van der Waals surface area contributed by atoms with Crippen LogP contribution in [0.2, 0.25) is 0 Å². The summed E-state index contributed by atoms with van der Waals surface area (Å²) in [5.74, 6) is 0.138. The molecule has 3 rings (SSSR count). The minimum Gasteiger partial charge on any atom is -0.338 e. The summed E-state index contributed by atoms with van der Waals surface area (Å²) in [5.41, 5.74) is 0.778. The fourth-order valence-corrected chi connectivity index (χ4v) is 2.59. The van der Waals surface area contributed by atoms with E-state index in [0.717, 1.165) is 31.5 Å². The standard InChI is InChI=1S/C15H17N3O/c19-15(13-5-2-1-3-6-13)17-11-7-14(8-12-17)18-10-4-9-16-18/h1-6,9-10,14H,7-8,11-12H2. The molecule has 0 bridgehead atoms. The van der Waals surface area contributed by atoms with Crippen LogP contribution in [0.4, 0.5) is 0 Å². The topological polar surface area (TPSA) is 38.1 Å². The van der Waals surface area contributed by atoms with Gasteiger partial charge in [0.15, 0.2) is 0 Å². The summed E-state index contributed by atoms with van der Waals surface area (Å²) in [6.45, 7) is 1.61. The number of amides is 1. The van der Waals surface area contributed by atoms with Crippen LogP contribution in [-0.4, -0.2) is 33.7 Å². The first-order valence-corrected chi connectivity index (χ1v) is 6.68. The molecule has 2 heterocycles. The molecule has 1 amide bonds. The molecule has 1 aromatic carbocycles. The Hall–Kier alpha value is -2.10. The maximum absolute atomic E-state index is 12.3. The third-order valence-electron chi connectivity index (χ3n) is 3.67. The number of nitrogens with zero attached hydrogens (tertiary/aromatic N) is 3. The van der Waals surface area contributed by atoms with Crippen molar-refractivity contribution in [2.24, 2.45) is 0 Å². The van der Waals surface area contributed by atoms with Gasteiger partial charge in [0.1, 0.15) is 0 Å². The Bertz CT molecular complexity index is 528. The number of aromatic nitrogens is 2. The number of rotatable bonds is 2. The lowest BCUT2D eigenvalue weighted by Gasteiger charge is -2.32. The molecule has 4 nitrogen and oxygen atoms in total. The molecule has 0 aliphatic carbocycles. The van der Waals surface area contributed by atoms with Crippen LogP contribution in [0.1, 0.15) is 29.2 Å². The zero-order valence-corrected chi connectivity index (χ0v) is 10.8. The first-order valence-electron chi connectivity index (χ1n) is 6.68. The molecule has 0 radical (unpaired) electrons. The number of carbonyl (C=O) groups excluding carboxylic acids is 1.